The number of rotatable bonds is 3. The van der Waals surface area contributed by atoms with Crippen LogP contribution in [0.25, 0.3) is 0 Å². The van der Waals surface area contributed by atoms with Crippen LogP contribution in [-0.2, 0) is 23.7 Å². The highest BCUT2D eigenvalue weighted by Crippen LogP contribution is 2.30. The molecule has 0 aromatic heterocycles. The Balaban J connectivity index is 1.58. The van der Waals surface area contributed by atoms with Crippen LogP contribution in [0.2, 0.25) is 0 Å². The molecular weight excluding hydrogens is 292 g/mol. The van der Waals surface area contributed by atoms with Crippen LogP contribution in [0.3, 0.4) is 0 Å². The molecule has 2 fully saturated rings. The Labute approximate surface area is 126 Å². The van der Waals surface area contributed by atoms with E-state index in [1.165, 1.54) is 0 Å². The van der Waals surface area contributed by atoms with Crippen LogP contribution in [0, 0.1) is 0 Å². The number of benzene rings is 1. The van der Waals surface area contributed by atoms with Crippen molar-refractivity contribution >= 4 is 11.8 Å². The second kappa shape index (κ2) is 6.13. The lowest BCUT2D eigenvalue weighted by atomic mass is 10.0. The Morgan fingerprint density at radius 3 is 2.86 bits per heavy atom. The maximum absolute atomic E-state index is 12.0. The normalized spacial score (nSPS) is 31.4. The number of esters is 1. The molecule has 3 atom stereocenters. The quantitative estimate of drug-likeness (QED) is 0.801. The van der Waals surface area contributed by atoms with Gasteiger partial charge in [0.2, 0.25) is 6.29 Å². The van der Waals surface area contributed by atoms with E-state index in [4.69, 9.17) is 18.9 Å². The zero-order chi connectivity index (χ0) is 15.6. The average molecular weight is 308 g/mol. The molecule has 1 aromatic carbocycles. The van der Waals surface area contributed by atoms with Gasteiger partial charge in [-0.3, -0.25) is 4.79 Å². The van der Waals surface area contributed by atoms with Gasteiger partial charge in [0.25, 0.3) is 5.79 Å². The van der Waals surface area contributed by atoms with Gasteiger partial charge in [0.15, 0.2) is 5.78 Å². The molecule has 1 aromatic rings. The van der Waals surface area contributed by atoms with Gasteiger partial charge in [-0.15, -0.1) is 0 Å². The molecule has 0 unspecified atom stereocenters. The van der Waals surface area contributed by atoms with Gasteiger partial charge in [0.05, 0.1) is 18.8 Å². The maximum Gasteiger partial charge on any atom is 0.338 e. The average Bonchev–Trinajstić information content (AvgIpc) is 2.54. The van der Waals surface area contributed by atoms with Crippen LogP contribution < -0.4 is 0 Å². The summed E-state index contributed by atoms with van der Waals surface area (Å²) >= 11 is 0. The van der Waals surface area contributed by atoms with Crippen LogP contribution in [-0.4, -0.2) is 54.9 Å². The molecule has 2 heterocycles. The number of ether oxygens (including phenoxy) is 4. The smallest absolute Gasteiger partial charge is 0.338 e. The number of aliphatic hydroxyl groups is 1. The monoisotopic (exact) mass is 308 g/mol. The van der Waals surface area contributed by atoms with E-state index in [1.54, 1.807) is 30.3 Å². The topological polar surface area (TPSA) is 91.3 Å². The van der Waals surface area contributed by atoms with E-state index in [2.05, 4.69) is 0 Å². The summed E-state index contributed by atoms with van der Waals surface area (Å²) in [6, 6.07) is 8.51. The molecule has 0 spiro atoms. The van der Waals surface area contributed by atoms with Crippen molar-refractivity contribution in [3.05, 3.63) is 35.9 Å². The fourth-order valence-corrected chi connectivity index (χ4v) is 2.38. The predicted octanol–water partition coefficient (Wildman–Crippen LogP) is 0.263. The van der Waals surface area contributed by atoms with Crippen molar-refractivity contribution in [2.24, 2.45) is 0 Å². The van der Waals surface area contributed by atoms with E-state index >= 15 is 0 Å². The molecular formula is C15H16O7. The standard InChI is InChI=1S/C15H16O7/c16-12-8-11(22-14-15(12,18)21-7-6-19-14)9-20-13(17)10-4-2-1-3-5-10/h1-5,11,14,18H,6-9H2/t11-,14+,15-/m0/s1. The second-order valence-electron chi connectivity index (χ2n) is 5.10. The van der Waals surface area contributed by atoms with Crippen LogP contribution in [0.4, 0.5) is 0 Å². The summed E-state index contributed by atoms with van der Waals surface area (Å²) < 4.78 is 20.9. The van der Waals surface area contributed by atoms with Crippen molar-refractivity contribution in [1.29, 1.82) is 0 Å². The van der Waals surface area contributed by atoms with E-state index < -0.39 is 29.9 Å². The first-order valence-electron chi connectivity index (χ1n) is 6.98. The molecule has 1 N–H and O–H groups in total. The summed E-state index contributed by atoms with van der Waals surface area (Å²) in [6.45, 7) is 0.238. The first-order valence-corrected chi connectivity index (χ1v) is 6.98. The minimum absolute atomic E-state index is 0.102. The third-order valence-corrected chi connectivity index (χ3v) is 3.53. The number of ketones is 1. The first-order chi connectivity index (χ1) is 10.6. The minimum atomic E-state index is -2.06. The van der Waals surface area contributed by atoms with Crippen LogP contribution in [0.15, 0.2) is 30.3 Å². The van der Waals surface area contributed by atoms with Gasteiger partial charge in [-0.05, 0) is 12.1 Å². The van der Waals surface area contributed by atoms with Gasteiger partial charge < -0.3 is 24.1 Å². The Morgan fingerprint density at radius 2 is 2.09 bits per heavy atom. The molecule has 22 heavy (non-hydrogen) atoms. The predicted molar refractivity (Wildman–Crippen MR) is 71.9 cm³/mol. The zero-order valence-electron chi connectivity index (χ0n) is 11.8. The van der Waals surface area contributed by atoms with Gasteiger partial charge in [-0.2, -0.15) is 0 Å². The summed E-state index contributed by atoms with van der Waals surface area (Å²) in [5.41, 5.74) is 0.415. The van der Waals surface area contributed by atoms with E-state index in [1.807, 2.05) is 0 Å². The summed E-state index contributed by atoms with van der Waals surface area (Å²) in [5, 5.41) is 10.1. The van der Waals surface area contributed by atoms with Gasteiger partial charge in [-0.25, -0.2) is 4.79 Å². The fraction of sp³-hybridized carbons (Fsp3) is 0.467. The summed E-state index contributed by atoms with van der Waals surface area (Å²) in [5.74, 6) is -3.10. The number of fused-ring (bicyclic) bond motifs is 1. The molecule has 7 nitrogen and oxygen atoms in total. The molecule has 2 aliphatic heterocycles. The van der Waals surface area contributed by atoms with Crippen molar-refractivity contribution in [3.8, 4) is 0 Å². The number of hydrogen-bond acceptors (Lipinski definition) is 7. The van der Waals surface area contributed by atoms with Crippen molar-refractivity contribution in [2.45, 2.75) is 24.6 Å². The number of Topliss-reactive ketones (excluding diaryl/α,β-unsaturated/α-hetero) is 1. The number of carbonyl (C=O) groups excluding carboxylic acids is 2. The Hall–Kier alpha value is -1.80. The SMILES string of the molecule is O=C(OC[C@@H]1CC(=O)[C@]2(O)OCCO[C@@H]2O1)c1ccccc1. The number of hydrogen-bond donors (Lipinski definition) is 1. The van der Waals surface area contributed by atoms with E-state index in [9.17, 15) is 14.7 Å². The zero-order valence-corrected chi connectivity index (χ0v) is 11.8. The molecule has 0 saturated carbocycles. The Morgan fingerprint density at radius 1 is 1.32 bits per heavy atom. The third-order valence-electron chi connectivity index (χ3n) is 3.53. The van der Waals surface area contributed by atoms with Crippen molar-refractivity contribution in [3.63, 3.8) is 0 Å². The molecule has 0 bridgehead atoms. The molecule has 2 saturated heterocycles. The van der Waals surface area contributed by atoms with Gasteiger partial charge in [0, 0.05) is 6.42 Å². The van der Waals surface area contributed by atoms with Crippen LogP contribution in [0.5, 0.6) is 0 Å². The summed E-state index contributed by atoms with van der Waals surface area (Å²) in [4.78, 5) is 23.8. The van der Waals surface area contributed by atoms with E-state index in [0.717, 1.165) is 0 Å². The van der Waals surface area contributed by atoms with Crippen LogP contribution >= 0.6 is 0 Å². The van der Waals surface area contributed by atoms with Crippen molar-refractivity contribution in [2.75, 3.05) is 19.8 Å². The minimum Gasteiger partial charge on any atom is -0.459 e. The van der Waals surface area contributed by atoms with Crippen molar-refractivity contribution < 1.29 is 33.6 Å². The van der Waals surface area contributed by atoms with Gasteiger partial charge in [-0.1, -0.05) is 18.2 Å². The first kappa shape index (κ1) is 15.1. The summed E-state index contributed by atoms with van der Waals surface area (Å²) in [6.07, 6.45) is -1.98. The highest BCUT2D eigenvalue weighted by molar-refractivity contribution is 5.89. The lowest BCUT2D eigenvalue weighted by molar-refractivity contribution is -0.371. The Bertz CT molecular complexity index is 558. The van der Waals surface area contributed by atoms with Gasteiger partial charge >= 0.3 is 5.97 Å². The maximum atomic E-state index is 12.0. The van der Waals surface area contributed by atoms with Crippen LogP contribution in [0.1, 0.15) is 16.8 Å². The van der Waals surface area contributed by atoms with Crippen molar-refractivity contribution in [1.82, 2.24) is 0 Å². The molecule has 0 aliphatic carbocycles. The number of carbonyl (C=O) groups is 2. The fourth-order valence-electron chi connectivity index (χ4n) is 2.38. The molecule has 118 valence electrons. The second-order valence-corrected chi connectivity index (χ2v) is 5.10. The molecule has 7 heteroatoms. The van der Waals surface area contributed by atoms with E-state index in [-0.39, 0.29) is 26.2 Å². The van der Waals surface area contributed by atoms with E-state index in [0.29, 0.717) is 5.56 Å². The highest BCUT2D eigenvalue weighted by atomic mass is 16.8. The Kier molecular flexibility index (Phi) is 4.21. The molecule has 3 rings (SSSR count). The largest absolute Gasteiger partial charge is 0.459 e. The van der Waals surface area contributed by atoms with Gasteiger partial charge in [0.1, 0.15) is 12.7 Å². The third kappa shape index (κ3) is 2.89. The highest BCUT2D eigenvalue weighted by Gasteiger charge is 2.54. The molecule has 0 amide bonds. The summed E-state index contributed by atoms with van der Waals surface area (Å²) in [7, 11) is 0. The molecule has 2 aliphatic rings. The lowest BCUT2D eigenvalue weighted by Gasteiger charge is -2.42. The molecule has 0 radical (unpaired) electrons. The lowest BCUT2D eigenvalue weighted by Crippen LogP contribution is -2.62.